The first-order valence-electron chi connectivity index (χ1n) is 3.94. The predicted molar refractivity (Wildman–Crippen MR) is 42.8 cm³/mol. The Labute approximate surface area is 67.0 Å². The molecule has 1 fully saturated rings. The van der Waals surface area contributed by atoms with Crippen molar-refractivity contribution in [1.82, 2.24) is 0 Å². The molecule has 0 aliphatic heterocycles. The van der Waals surface area contributed by atoms with Crippen LogP contribution >= 0.6 is 0 Å². The van der Waals surface area contributed by atoms with Crippen molar-refractivity contribution in [3.8, 4) is 0 Å². The second-order valence-electron chi connectivity index (χ2n) is 3.31. The molecule has 0 amide bonds. The molecule has 0 bridgehead atoms. The summed E-state index contributed by atoms with van der Waals surface area (Å²) in [5, 5.41) is 13.9. The van der Waals surface area contributed by atoms with Gasteiger partial charge in [-0.3, -0.25) is 0 Å². The summed E-state index contributed by atoms with van der Waals surface area (Å²) in [5.41, 5.74) is 0. The Morgan fingerprint density at radius 2 is 1.45 bits per heavy atom. The maximum atomic E-state index is 8.56. The van der Waals surface area contributed by atoms with Gasteiger partial charge < -0.3 is 10.2 Å². The van der Waals surface area contributed by atoms with Crippen LogP contribution < -0.4 is 0 Å². The van der Waals surface area contributed by atoms with Gasteiger partial charge >= 0.3 is 6.16 Å². The maximum absolute atomic E-state index is 8.56. The fourth-order valence-corrected chi connectivity index (χ4v) is 1.49. The number of carbonyl (C=O) groups is 1. The standard InChI is InChI=1S/C7H14.CH2O3/c1-6-3-4-7(2)5-6;2-1(3)4/h6-7H,3-5H2,1-2H3;(H2,2,3,4). The minimum absolute atomic E-state index is 1.02. The first-order chi connectivity index (χ1) is 5.02. The van der Waals surface area contributed by atoms with Crippen molar-refractivity contribution >= 4 is 6.16 Å². The van der Waals surface area contributed by atoms with Crippen LogP contribution in [0.5, 0.6) is 0 Å². The first kappa shape index (κ1) is 10.3. The molecule has 0 saturated heterocycles. The summed E-state index contributed by atoms with van der Waals surface area (Å²) in [7, 11) is 0. The largest absolute Gasteiger partial charge is 0.503 e. The summed E-state index contributed by atoms with van der Waals surface area (Å²) in [6.45, 7) is 4.70. The van der Waals surface area contributed by atoms with Gasteiger partial charge in [-0.15, -0.1) is 0 Å². The lowest BCUT2D eigenvalue weighted by atomic mass is 10.1. The third-order valence-electron chi connectivity index (χ3n) is 1.96. The molecule has 2 unspecified atom stereocenters. The maximum Gasteiger partial charge on any atom is 0.503 e. The highest BCUT2D eigenvalue weighted by Crippen LogP contribution is 2.29. The molecule has 66 valence electrons. The van der Waals surface area contributed by atoms with E-state index in [1.807, 2.05) is 0 Å². The van der Waals surface area contributed by atoms with Gasteiger partial charge in [0, 0.05) is 0 Å². The van der Waals surface area contributed by atoms with Gasteiger partial charge in [-0.1, -0.05) is 26.7 Å². The lowest BCUT2D eigenvalue weighted by Gasteiger charge is -1.96. The number of hydrogen-bond donors (Lipinski definition) is 2. The average molecular weight is 160 g/mol. The van der Waals surface area contributed by atoms with Gasteiger partial charge in [0.15, 0.2) is 0 Å². The van der Waals surface area contributed by atoms with Crippen molar-refractivity contribution in [2.24, 2.45) is 11.8 Å². The third-order valence-corrected chi connectivity index (χ3v) is 1.96. The van der Waals surface area contributed by atoms with E-state index in [2.05, 4.69) is 13.8 Å². The highest BCUT2D eigenvalue weighted by atomic mass is 16.6. The molecular formula is C8H16O3. The van der Waals surface area contributed by atoms with E-state index in [9.17, 15) is 0 Å². The molecule has 1 aliphatic carbocycles. The van der Waals surface area contributed by atoms with E-state index >= 15 is 0 Å². The molecule has 3 heteroatoms. The van der Waals surface area contributed by atoms with Crippen molar-refractivity contribution in [2.45, 2.75) is 33.1 Å². The summed E-state index contributed by atoms with van der Waals surface area (Å²) in [6.07, 6.45) is 2.59. The van der Waals surface area contributed by atoms with E-state index in [0.29, 0.717) is 0 Å². The lowest BCUT2D eigenvalue weighted by Crippen LogP contribution is -1.84. The molecule has 0 aromatic heterocycles. The van der Waals surface area contributed by atoms with Crippen LogP contribution in [-0.4, -0.2) is 16.4 Å². The fraction of sp³-hybridized carbons (Fsp3) is 0.875. The minimum Gasteiger partial charge on any atom is -0.450 e. The predicted octanol–water partition coefficient (Wildman–Crippen LogP) is 2.66. The summed E-state index contributed by atoms with van der Waals surface area (Å²) >= 11 is 0. The van der Waals surface area contributed by atoms with Crippen molar-refractivity contribution in [1.29, 1.82) is 0 Å². The summed E-state index contributed by atoms with van der Waals surface area (Å²) < 4.78 is 0. The third kappa shape index (κ3) is 7.16. The molecule has 1 saturated carbocycles. The number of hydrogen-bond acceptors (Lipinski definition) is 1. The smallest absolute Gasteiger partial charge is 0.450 e. The summed E-state index contributed by atoms with van der Waals surface area (Å²) in [5.74, 6) is 2.05. The van der Waals surface area contributed by atoms with E-state index in [1.165, 1.54) is 19.3 Å². The normalized spacial score (nSPS) is 28.9. The molecular weight excluding hydrogens is 144 g/mol. The summed E-state index contributed by atoms with van der Waals surface area (Å²) in [4.78, 5) is 8.56. The average Bonchev–Trinajstić information content (AvgIpc) is 2.13. The first-order valence-corrected chi connectivity index (χ1v) is 3.94. The van der Waals surface area contributed by atoms with Crippen LogP contribution in [0.2, 0.25) is 0 Å². The highest BCUT2D eigenvalue weighted by Gasteiger charge is 2.15. The molecule has 1 rings (SSSR count). The quantitative estimate of drug-likeness (QED) is 0.572. The van der Waals surface area contributed by atoms with Crippen LogP contribution in [0, 0.1) is 11.8 Å². The zero-order valence-electron chi connectivity index (χ0n) is 7.08. The molecule has 3 nitrogen and oxygen atoms in total. The Morgan fingerprint density at radius 3 is 1.55 bits per heavy atom. The second-order valence-corrected chi connectivity index (χ2v) is 3.31. The zero-order chi connectivity index (χ0) is 8.85. The van der Waals surface area contributed by atoms with Gasteiger partial charge in [-0.25, -0.2) is 4.79 Å². The van der Waals surface area contributed by atoms with Gasteiger partial charge in [-0.05, 0) is 18.3 Å². The molecule has 0 heterocycles. The molecule has 0 spiro atoms. The van der Waals surface area contributed by atoms with Crippen molar-refractivity contribution in [2.75, 3.05) is 0 Å². The Kier molecular flexibility index (Phi) is 4.66. The Morgan fingerprint density at radius 1 is 1.18 bits per heavy atom. The monoisotopic (exact) mass is 160 g/mol. The molecule has 2 atom stereocenters. The van der Waals surface area contributed by atoms with Crippen molar-refractivity contribution < 1.29 is 15.0 Å². The van der Waals surface area contributed by atoms with Gasteiger partial charge in [0.05, 0.1) is 0 Å². The van der Waals surface area contributed by atoms with Gasteiger partial charge in [-0.2, -0.15) is 0 Å². The van der Waals surface area contributed by atoms with Crippen molar-refractivity contribution in [3.05, 3.63) is 0 Å². The number of rotatable bonds is 0. The van der Waals surface area contributed by atoms with E-state index in [1.54, 1.807) is 0 Å². The van der Waals surface area contributed by atoms with Crippen LogP contribution in [0.1, 0.15) is 33.1 Å². The Hall–Kier alpha value is -0.730. The zero-order valence-corrected chi connectivity index (χ0v) is 7.08. The highest BCUT2D eigenvalue weighted by molar-refractivity contribution is 5.53. The van der Waals surface area contributed by atoms with E-state index in [0.717, 1.165) is 11.8 Å². The summed E-state index contributed by atoms with van der Waals surface area (Å²) in [6, 6.07) is 0. The minimum atomic E-state index is -1.83. The van der Waals surface area contributed by atoms with Gasteiger partial charge in [0.25, 0.3) is 0 Å². The molecule has 0 radical (unpaired) electrons. The molecule has 11 heavy (non-hydrogen) atoms. The molecule has 2 N–H and O–H groups in total. The van der Waals surface area contributed by atoms with E-state index < -0.39 is 6.16 Å². The molecule has 1 aliphatic rings. The molecule has 0 aromatic carbocycles. The van der Waals surface area contributed by atoms with Crippen LogP contribution in [0.4, 0.5) is 4.79 Å². The topological polar surface area (TPSA) is 57.5 Å². The van der Waals surface area contributed by atoms with Crippen LogP contribution in [-0.2, 0) is 0 Å². The van der Waals surface area contributed by atoms with Gasteiger partial charge in [0.1, 0.15) is 0 Å². The Bertz CT molecular complexity index is 111. The fourth-order valence-electron chi connectivity index (χ4n) is 1.49. The Balaban J connectivity index is 0.000000218. The SMILES string of the molecule is CC1CCC(C)C1.O=C(O)O. The lowest BCUT2D eigenvalue weighted by molar-refractivity contribution is 0.137. The van der Waals surface area contributed by atoms with Crippen LogP contribution in [0.3, 0.4) is 0 Å². The van der Waals surface area contributed by atoms with E-state index in [-0.39, 0.29) is 0 Å². The van der Waals surface area contributed by atoms with Crippen LogP contribution in [0.25, 0.3) is 0 Å². The molecule has 0 aromatic rings. The van der Waals surface area contributed by atoms with E-state index in [4.69, 9.17) is 15.0 Å². The van der Waals surface area contributed by atoms with Gasteiger partial charge in [0.2, 0.25) is 0 Å². The van der Waals surface area contributed by atoms with Crippen molar-refractivity contribution in [3.63, 3.8) is 0 Å². The van der Waals surface area contributed by atoms with Crippen LogP contribution in [0.15, 0.2) is 0 Å². The second kappa shape index (κ2) is 4.99. The number of carboxylic acid groups (broad SMARTS) is 2.